The summed E-state index contributed by atoms with van der Waals surface area (Å²) >= 11 is 0. The first-order valence-electron chi connectivity index (χ1n) is 8.52. The van der Waals surface area contributed by atoms with Crippen molar-refractivity contribution in [3.63, 3.8) is 0 Å². The number of hydrogen-bond acceptors (Lipinski definition) is 1. The topological polar surface area (TPSA) is 12.0 Å². The normalized spacial score (nSPS) is 24.6. The molecule has 20 heavy (non-hydrogen) atoms. The van der Waals surface area contributed by atoms with Crippen LogP contribution in [0.25, 0.3) is 0 Å². The minimum absolute atomic E-state index is 0.662. The maximum Gasteiger partial charge on any atom is 0.0136 e. The largest absolute Gasteiger partial charge is 0.314 e. The number of likely N-dealkylation sites (N-methyl/N-ethyl adjacent to an activating group) is 1. The van der Waals surface area contributed by atoms with Gasteiger partial charge in [-0.2, -0.15) is 0 Å². The molecular formula is C19H31N. The van der Waals surface area contributed by atoms with Crippen LogP contribution in [0.4, 0.5) is 0 Å². The Morgan fingerprint density at radius 1 is 1.20 bits per heavy atom. The zero-order chi connectivity index (χ0) is 14.4. The summed E-state index contributed by atoms with van der Waals surface area (Å²) in [6.45, 7) is 7.93. The molecule has 1 N–H and O–H groups in total. The highest BCUT2D eigenvalue weighted by atomic mass is 14.9. The smallest absolute Gasteiger partial charge is 0.0136 e. The fourth-order valence-corrected chi connectivity index (χ4v) is 3.81. The highest BCUT2D eigenvalue weighted by Crippen LogP contribution is 2.34. The standard InChI is InChI=1S/C19H31N/c1-4-16-10-8-12-18(13-16)19(20-5-2)14-17-11-7-6-9-15(17)3/h6-7,9,11,16,18-20H,4-5,8,10,12-14H2,1-3H3. The molecule has 3 unspecified atom stereocenters. The quantitative estimate of drug-likeness (QED) is 0.790. The molecule has 112 valence electrons. The highest BCUT2D eigenvalue weighted by molar-refractivity contribution is 5.26. The number of benzene rings is 1. The molecule has 0 heterocycles. The van der Waals surface area contributed by atoms with E-state index < -0.39 is 0 Å². The third-order valence-corrected chi connectivity index (χ3v) is 5.14. The van der Waals surface area contributed by atoms with E-state index in [0.717, 1.165) is 18.4 Å². The monoisotopic (exact) mass is 273 g/mol. The van der Waals surface area contributed by atoms with Crippen molar-refractivity contribution in [3.8, 4) is 0 Å². The van der Waals surface area contributed by atoms with Gasteiger partial charge in [-0.15, -0.1) is 0 Å². The molecule has 1 aromatic carbocycles. The van der Waals surface area contributed by atoms with E-state index in [1.54, 1.807) is 0 Å². The van der Waals surface area contributed by atoms with Gasteiger partial charge in [0.1, 0.15) is 0 Å². The Hall–Kier alpha value is -0.820. The lowest BCUT2D eigenvalue weighted by molar-refractivity contribution is 0.208. The van der Waals surface area contributed by atoms with Gasteiger partial charge in [0.05, 0.1) is 0 Å². The summed E-state index contributed by atoms with van der Waals surface area (Å²) in [7, 11) is 0. The van der Waals surface area contributed by atoms with Gasteiger partial charge < -0.3 is 5.32 Å². The first kappa shape index (κ1) is 15.6. The Bertz CT molecular complexity index is 399. The lowest BCUT2D eigenvalue weighted by Gasteiger charge is -2.35. The average Bonchev–Trinajstić information content (AvgIpc) is 2.49. The van der Waals surface area contributed by atoms with E-state index >= 15 is 0 Å². The van der Waals surface area contributed by atoms with Gasteiger partial charge >= 0.3 is 0 Å². The molecule has 1 aliphatic rings. The maximum atomic E-state index is 3.77. The summed E-state index contributed by atoms with van der Waals surface area (Å²) in [6, 6.07) is 9.54. The fourth-order valence-electron chi connectivity index (χ4n) is 3.81. The Morgan fingerprint density at radius 2 is 2.00 bits per heavy atom. The highest BCUT2D eigenvalue weighted by Gasteiger charge is 2.27. The molecule has 0 radical (unpaired) electrons. The predicted molar refractivity (Wildman–Crippen MR) is 88.1 cm³/mol. The summed E-state index contributed by atoms with van der Waals surface area (Å²) in [5.41, 5.74) is 2.97. The van der Waals surface area contributed by atoms with Crippen molar-refractivity contribution in [3.05, 3.63) is 35.4 Å². The molecule has 0 aromatic heterocycles. The second kappa shape index (κ2) is 7.83. The van der Waals surface area contributed by atoms with E-state index in [4.69, 9.17) is 0 Å². The van der Waals surface area contributed by atoms with Crippen LogP contribution in [0.5, 0.6) is 0 Å². The Labute approximate surface area is 125 Å². The number of hydrogen-bond donors (Lipinski definition) is 1. The van der Waals surface area contributed by atoms with E-state index in [2.05, 4.69) is 50.4 Å². The van der Waals surface area contributed by atoms with Crippen LogP contribution in [0.3, 0.4) is 0 Å². The SMILES string of the molecule is CCNC(Cc1ccccc1C)C1CCCC(CC)C1. The number of rotatable bonds is 6. The molecule has 0 amide bonds. The maximum absolute atomic E-state index is 3.77. The van der Waals surface area contributed by atoms with Crippen molar-refractivity contribution >= 4 is 0 Å². The lowest BCUT2D eigenvalue weighted by atomic mass is 9.75. The third-order valence-electron chi connectivity index (χ3n) is 5.14. The number of aryl methyl sites for hydroxylation is 1. The van der Waals surface area contributed by atoms with Crippen molar-refractivity contribution in [2.45, 2.75) is 65.3 Å². The summed E-state index contributed by atoms with van der Waals surface area (Å²) in [5, 5.41) is 3.77. The van der Waals surface area contributed by atoms with Crippen LogP contribution in [-0.2, 0) is 6.42 Å². The van der Waals surface area contributed by atoms with Crippen LogP contribution >= 0.6 is 0 Å². The number of nitrogens with one attached hydrogen (secondary N) is 1. The van der Waals surface area contributed by atoms with Gasteiger partial charge in [-0.05, 0) is 55.7 Å². The van der Waals surface area contributed by atoms with E-state index in [1.807, 2.05) is 0 Å². The molecule has 1 nitrogen and oxygen atoms in total. The van der Waals surface area contributed by atoms with Crippen molar-refractivity contribution < 1.29 is 0 Å². The molecule has 0 aliphatic heterocycles. The van der Waals surface area contributed by atoms with E-state index in [-0.39, 0.29) is 0 Å². The molecule has 1 aromatic rings. The second-order valence-corrected chi connectivity index (χ2v) is 6.50. The van der Waals surface area contributed by atoms with Crippen molar-refractivity contribution in [2.24, 2.45) is 11.8 Å². The molecule has 1 fully saturated rings. The van der Waals surface area contributed by atoms with Crippen LogP contribution in [0.15, 0.2) is 24.3 Å². The zero-order valence-corrected chi connectivity index (χ0v) is 13.5. The molecule has 3 atom stereocenters. The first-order chi connectivity index (χ1) is 9.74. The van der Waals surface area contributed by atoms with E-state index in [9.17, 15) is 0 Å². The Kier molecular flexibility index (Phi) is 6.09. The predicted octanol–water partition coefficient (Wildman–Crippen LogP) is 4.73. The van der Waals surface area contributed by atoms with Gasteiger partial charge in [0.25, 0.3) is 0 Å². The van der Waals surface area contributed by atoms with E-state index in [0.29, 0.717) is 6.04 Å². The fraction of sp³-hybridized carbons (Fsp3) is 0.684. The second-order valence-electron chi connectivity index (χ2n) is 6.50. The van der Waals surface area contributed by atoms with Gasteiger partial charge in [-0.25, -0.2) is 0 Å². The summed E-state index contributed by atoms with van der Waals surface area (Å²) in [5.74, 6) is 1.83. The first-order valence-corrected chi connectivity index (χ1v) is 8.52. The summed E-state index contributed by atoms with van der Waals surface area (Å²) in [4.78, 5) is 0. The van der Waals surface area contributed by atoms with Crippen molar-refractivity contribution in [1.82, 2.24) is 5.32 Å². The average molecular weight is 273 g/mol. The van der Waals surface area contributed by atoms with Gasteiger partial charge in [0.2, 0.25) is 0 Å². The van der Waals surface area contributed by atoms with Gasteiger partial charge in [-0.3, -0.25) is 0 Å². The summed E-state index contributed by atoms with van der Waals surface area (Å²) in [6.07, 6.45) is 8.29. The lowest BCUT2D eigenvalue weighted by Crippen LogP contribution is -2.40. The minimum Gasteiger partial charge on any atom is -0.314 e. The van der Waals surface area contributed by atoms with Crippen LogP contribution in [0.1, 0.15) is 57.1 Å². The van der Waals surface area contributed by atoms with Crippen molar-refractivity contribution in [1.29, 1.82) is 0 Å². The molecule has 1 heteroatoms. The molecular weight excluding hydrogens is 242 g/mol. The van der Waals surface area contributed by atoms with Gasteiger partial charge in [0, 0.05) is 6.04 Å². The van der Waals surface area contributed by atoms with Crippen molar-refractivity contribution in [2.75, 3.05) is 6.54 Å². The molecule has 1 aliphatic carbocycles. The Balaban J connectivity index is 2.04. The van der Waals surface area contributed by atoms with E-state index in [1.165, 1.54) is 49.7 Å². The minimum atomic E-state index is 0.662. The zero-order valence-electron chi connectivity index (χ0n) is 13.5. The summed E-state index contributed by atoms with van der Waals surface area (Å²) < 4.78 is 0. The van der Waals surface area contributed by atoms with Crippen LogP contribution in [0.2, 0.25) is 0 Å². The molecule has 0 saturated heterocycles. The van der Waals surface area contributed by atoms with Crippen LogP contribution < -0.4 is 5.32 Å². The molecule has 0 spiro atoms. The molecule has 2 rings (SSSR count). The van der Waals surface area contributed by atoms with Crippen LogP contribution in [-0.4, -0.2) is 12.6 Å². The van der Waals surface area contributed by atoms with Gasteiger partial charge in [0.15, 0.2) is 0 Å². The third kappa shape index (κ3) is 4.09. The molecule has 0 bridgehead atoms. The molecule has 1 saturated carbocycles. The van der Waals surface area contributed by atoms with Gasteiger partial charge in [-0.1, -0.05) is 57.4 Å². The Morgan fingerprint density at radius 3 is 2.70 bits per heavy atom. The van der Waals surface area contributed by atoms with Crippen LogP contribution in [0, 0.1) is 18.8 Å².